The molecular formula is C48H33N3O2. The van der Waals surface area contributed by atoms with Gasteiger partial charge in [-0.25, -0.2) is 9.98 Å². The van der Waals surface area contributed by atoms with Gasteiger partial charge in [-0.05, 0) is 87.4 Å². The van der Waals surface area contributed by atoms with Crippen LogP contribution in [-0.2, 0) is 6.54 Å². The summed E-state index contributed by atoms with van der Waals surface area (Å²) < 4.78 is 12.9. The molecule has 0 saturated carbocycles. The van der Waals surface area contributed by atoms with Gasteiger partial charge in [-0.2, -0.15) is 0 Å². The minimum Gasteiger partial charge on any atom is -0.456 e. The van der Waals surface area contributed by atoms with E-state index in [0.717, 1.165) is 71.3 Å². The normalized spacial score (nSPS) is 12.5. The molecule has 2 heterocycles. The Morgan fingerprint density at radius 3 is 2.13 bits per heavy atom. The van der Waals surface area contributed by atoms with Crippen LogP contribution in [0.15, 0.2) is 188 Å². The van der Waals surface area contributed by atoms with Crippen LogP contribution in [0.2, 0.25) is 0 Å². The summed E-state index contributed by atoms with van der Waals surface area (Å²) in [6, 6.07) is 49.8. The molecule has 0 aliphatic rings. The summed E-state index contributed by atoms with van der Waals surface area (Å²) in [6.07, 6.45) is 5.50. The number of benzene rings is 7. The third-order valence-corrected chi connectivity index (χ3v) is 9.63. The van der Waals surface area contributed by atoms with Crippen LogP contribution < -0.4 is 0 Å². The summed E-state index contributed by atoms with van der Waals surface area (Å²) in [4.78, 5) is 14.9. The number of furan rings is 2. The van der Waals surface area contributed by atoms with E-state index in [0.29, 0.717) is 29.6 Å². The van der Waals surface area contributed by atoms with Crippen molar-refractivity contribution in [1.29, 1.82) is 0 Å². The molecule has 5 nitrogen and oxygen atoms in total. The Morgan fingerprint density at radius 1 is 0.604 bits per heavy atom. The van der Waals surface area contributed by atoms with E-state index in [-0.39, 0.29) is 0 Å². The first-order valence-corrected chi connectivity index (χ1v) is 17.5. The first kappa shape index (κ1) is 31.8. The molecule has 9 rings (SSSR count). The van der Waals surface area contributed by atoms with Crippen LogP contribution in [-0.4, -0.2) is 18.4 Å². The lowest BCUT2D eigenvalue weighted by Gasteiger charge is -2.09. The zero-order valence-electron chi connectivity index (χ0n) is 28.9. The molecule has 252 valence electrons. The molecule has 0 amide bonds. The number of fused-ring (bicyclic) bond motifs is 6. The average molecular weight is 684 g/mol. The van der Waals surface area contributed by atoms with Gasteiger partial charge in [-0.3, -0.25) is 4.99 Å². The molecule has 5 heteroatoms. The number of rotatable bonds is 7. The highest BCUT2D eigenvalue weighted by atomic mass is 16.3. The molecule has 0 N–H and O–H groups in total. The third kappa shape index (κ3) is 5.94. The lowest BCUT2D eigenvalue weighted by Crippen LogP contribution is -2.07. The lowest BCUT2D eigenvalue weighted by atomic mass is 9.96. The van der Waals surface area contributed by atoms with Crippen molar-refractivity contribution in [3.63, 3.8) is 0 Å². The molecule has 0 radical (unpaired) electrons. The highest BCUT2D eigenvalue weighted by molar-refractivity contribution is 6.21. The number of hydrogen-bond acceptors (Lipinski definition) is 3. The van der Waals surface area contributed by atoms with E-state index < -0.39 is 0 Å². The van der Waals surface area contributed by atoms with Crippen LogP contribution >= 0.6 is 0 Å². The molecule has 0 unspecified atom stereocenters. The predicted octanol–water partition coefficient (Wildman–Crippen LogP) is 12.6. The van der Waals surface area contributed by atoms with E-state index in [1.54, 1.807) is 6.08 Å². The van der Waals surface area contributed by atoms with Gasteiger partial charge in [0, 0.05) is 21.7 Å². The molecule has 0 spiro atoms. The molecule has 9 aromatic rings. The Hall–Kier alpha value is -7.11. The maximum absolute atomic E-state index is 6.61. The lowest BCUT2D eigenvalue weighted by molar-refractivity contribution is 0.603. The fourth-order valence-electron chi connectivity index (χ4n) is 7.09. The van der Waals surface area contributed by atoms with Gasteiger partial charge in [-0.1, -0.05) is 128 Å². The minimum absolute atomic E-state index is 0.385. The Morgan fingerprint density at radius 2 is 1.32 bits per heavy atom. The van der Waals surface area contributed by atoms with E-state index in [1.165, 1.54) is 5.39 Å². The van der Waals surface area contributed by atoms with E-state index in [2.05, 4.69) is 115 Å². The molecule has 53 heavy (non-hydrogen) atoms. The second kappa shape index (κ2) is 13.5. The Balaban J connectivity index is 1.28. The average Bonchev–Trinajstić information content (AvgIpc) is 3.78. The van der Waals surface area contributed by atoms with Crippen molar-refractivity contribution < 1.29 is 8.83 Å². The van der Waals surface area contributed by atoms with Gasteiger partial charge in [0.05, 0.1) is 12.1 Å². The van der Waals surface area contributed by atoms with Crippen LogP contribution in [0.4, 0.5) is 0 Å². The van der Waals surface area contributed by atoms with Crippen molar-refractivity contribution >= 4 is 78.9 Å². The smallest absolute Gasteiger partial charge is 0.161 e. The maximum Gasteiger partial charge on any atom is 0.161 e. The Kier molecular flexibility index (Phi) is 8.14. The Bertz CT molecular complexity index is 2970. The topological polar surface area (TPSA) is 63.4 Å². The SMILES string of the molecule is C=C/C=C\c1oc2cccc(-c3ccc4c(c3)oc3ccccc34)c2c1C(/N=C(\N=C)c1ccc2ccccc2c1)=N/Cc1ccc2ccccc2c1. The van der Waals surface area contributed by atoms with Gasteiger partial charge in [0.25, 0.3) is 0 Å². The predicted molar refractivity (Wildman–Crippen MR) is 222 cm³/mol. The fourth-order valence-corrected chi connectivity index (χ4v) is 7.09. The van der Waals surface area contributed by atoms with Gasteiger partial charge >= 0.3 is 0 Å². The fraction of sp³-hybridized carbons (Fsp3) is 0.0208. The van der Waals surface area contributed by atoms with Gasteiger partial charge in [0.2, 0.25) is 0 Å². The quantitative estimate of drug-likeness (QED) is 0.0953. The summed E-state index contributed by atoms with van der Waals surface area (Å²) >= 11 is 0. The van der Waals surface area contributed by atoms with Crippen LogP contribution in [0.3, 0.4) is 0 Å². The van der Waals surface area contributed by atoms with Crippen molar-refractivity contribution in [2.75, 3.05) is 0 Å². The highest BCUT2D eigenvalue weighted by Crippen LogP contribution is 2.39. The first-order chi connectivity index (χ1) is 26.2. The molecule has 0 bridgehead atoms. The van der Waals surface area contributed by atoms with Gasteiger partial charge < -0.3 is 8.83 Å². The number of hydrogen-bond donors (Lipinski definition) is 0. The highest BCUT2D eigenvalue weighted by Gasteiger charge is 2.23. The first-order valence-electron chi connectivity index (χ1n) is 17.5. The second-order valence-corrected chi connectivity index (χ2v) is 12.9. The summed E-state index contributed by atoms with van der Waals surface area (Å²) in [5.41, 5.74) is 6.97. The largest absolute Gasteiger partial charge is 0.456 e. The number of allylic oxidation sites excluding steroid dienone is 2. The van der Waals surface area contributed by atoms with E-state index >= 15 is 0 Å². The summed E-state index contributed by atoms with van der Waals surface area (Å²) in [7, 11) is 0. The summed E-state index contributed by atoms with van der Waals surface area (Å²) in [5.74, 6) is 1.55. The maximum atomic E-state index is 6.61. The molecular weight excluding hydrogens is 651 g/mol. The molecule has 0 saturated heterocycles. The van der Waals surface area contributed by atoms with Gasteiger partial charge in [0.1, 0.15) is 22.5 Å². The molecule has 0 aliphatic heterocycles. The third-order valence-electron chi connectivity index (χ3n) is 9.63. The number of nitrogens with zero attached hydrogens (tertiary/aromatic N) is 3. The Labute approximate surface area is 306 Å². The number of amidine groups is 2. The van der Waals surface area contributed by atoms with Crippen molar-refractivity contribution in [2.45, 2.75) is 6.54 Å². The van der Waals surface area contributed by atoms with Crippen molar-refractivity contribution in [2.24, 2.45) is 15.0 Å². The van der Waals surface area contributed by atoms with Gasteiger partial charge in [0.15, 0.2) is 11.7 Å². The summed E-state index contributed by atoms with van der Waals surface area (Å²) in [5, 5.41) is 7.59. The van der Waals surface area contributed by atoms with Crippen LogP contribution in [0.5, 0.6) is 0 Å². The summed E-state index contributed by atoms with van der Waals surface area (Å²) in [6.45, 7) is 8.26. The second-order valence-electron chi connectivity index (χ2n) is 12.9. The zero-order chi connectivity index (χ0) is 35.7. The van der Waals surface area contributed by atoms with E-state index in [1.807, 2.05) is 60.7 Å². The van der Waals surface area contributed by atoms with E-state index in [9.17, 15) is 0 Å². The van der Waals surface area contributed by atoms with Crippen LogP contribution in [0.1, 0.15) is 22.5 Å². The molecule has 7 aromatic carbocycles. The van der Waals surface area contributed by atoms with Crippen LogP contribution in [0.25, 0.3) is 71.7 Å². The number of aliphatic imine (C=N–C) groups is 3. The standard InChI is InChI=1S/C48H33N3O2/c1-3-4-18-43-46(45-38(17-11-20-42(45)53-43)36-25-26-40-39-16-9-10-19-41(39)52-44(40)29-36)48(50-30-31-21-22-32-12-5-7-14-34(32)27-31)51-47(49-2)37-24-23-33-13-6-8-15-35(33)28-37/h3-29H,1-2,30H2/b18-4-,50-48-,51-47-. The van der Waals surface area contributed by atoms with Crippen molar-refractivity contribution in [3.05, 3.63) is 187 Å². The minimum atomic E-state index is 0.385. The molecule has 0 fully saturated rings. The molecule has 2 aromatic heterocycles. The van der Waals surface area contributed by atoms with Crippen LogP contribution in [0, 0.1) is 0 Å². The molecule has 0 atom stereocenters. The van der Waals surface area contributed by atoms with Crippen molar-refractivity contribution in [1.82, 2.24) is 0 Å². The molecule has 0 aliphatic carbocycles. The number of para-hydroxylation sites is 1. The monoisotopic (exact) mass is 683 g/mol. The van der Waals surface area contributed by atoms with E-state index in [4.69, 9.17) is 18.8 Å². The zero-order valence-corrected chi connectivity index (χ0v) is 28.9. The van der Waals surface area contributed by atoms with Gasteiger partial charge in [-0.15, -0.1) is 0 Å². The van der Waals surface area contributed by atoms with Crippen molar-refractivity contribution in [3.8, 4) is 11.1 Å².